The third-order valence-corrected chi connectivity index (χ3v) is 5.89. The summed E-state index contributed by atoms with van der Waals surface area (Å²) in [6.45, 7) is 2.04. The van der Waals surface area contributed by atoms with E-state index >= 15 is 0 Å². The van der Waals surface area contributed by atoms with Crippen molar-refractivity contribution in [3.05, 3.63) is 65.7 Å². The van der Waals surface area contributed by atoms with Crippen LogP contribution in [0.15, 0.2) is 54.6 Å². The molecule has 6 heteroatoms. The maximum atomic E-state index is 10.7. The zero-order valence-electron chi connectivity index (χ0n) is 17.6. The summed E-state index contributed by atoms with van der Waals surface area (Å²) in [5.41, 5.74) is 7.40. The number of aliphatic hydroxyl groups is 1. The SMILES string of the molecule is Cc1c(-c2ccc3c(c2)c(-c2nc4ccccc4[nH]2)nn3C)ccc(CCCO)c1O. The summed E-state index contributed by atoms with van der Waals surface area (Å²) in [5.74, 6) is 1.04. The van der Waals surface area contributed by atoms with Crippen molar-refractivity contribution in [3.8, 4) is 28.4 Å². The molecule has 3 N–H and O–H groups in total. The number of nitrogens with zero attached hydrogens (tertiary/aromatic N) is 3. The van der Waals surface area contributed by atoms with Crippen LogP contribution in [0.1, 0.15) is 17.5 Å². The summed E-state index contributed by atoms with van der Waals surface area (Å²) in [6, 6.07) is 18.2. The van der Waals surface area contributed by atoms with Crippen molar-refractivity contribution >= 4 is 21.9 Å². The van der Waals surface area contributed by atoms with Crippen molar-refractivity contribution in [3.63, 3.8) is 0 Å². The molecule has 2 aromatic heterocycles. The number of para-hydroxylation sites is 2. The third kappa shape index (κ3) is 3.25. The van der Waals surface area contributed by atoms with Gasteiger partial charge in [-0.15, -0.1) is 0 Å². The van der Waals surface area contributed by atoms with E-state index in [2.05, 4.69) is 23.2 Å². The summed E-state index contributed by atoms with van der Waals surface area (Å²) >= 11 is 0. The predicted octanol–water partition coefficient (Wildman–Crippen LogP) is 4.72. The average molecular weight is 412 g/mol. The van der Waals surface area contributed by atoms with Crippen molar-refractivity contribution in [2.24, 2.45) is 7.05 Å². The standard InChI is InChI=1S/C25H24N4O2/c1-15-18(11-9-16(24(15)31)6-5-13-30)17-10-12-22-19(14-17)23(28-29(22)2)25-26-20-7-3-4-8-21(20)27-25/h3-4,7-12,14,30-31H,5-6,13H2,1-2H3,(H,26,27). The fourth-order valence-electron chi connectivity index (χ4n) is 4.21. The minimum Gasteiger partial charge on any atom is -0.507 e. The number of aromatic nitrogens is 4. The van der Waals surface area contributed by atoms with Crippen molar-refractivity contribution in [2.45, 2.75) is 19.8 Å². The first-order valence-electron chi connectivity index (χ1n) is 10.4. The quantitative estimate of drug-likeness (QED) is 0.390. The number of aryl methyl sites for hydroxylation is 2. The second kappa shape index (κ2) is 7.56. The maximum absolute atomic E-state index is 10.7. The lowest BCUT2D eigenvalue weighted by Gasteiger charge is -2.12. The molecule has 0 spiro atoms. The number of imidazole rings is 1. The fraction of sp³-hybridized carbons (Fsp3) is 0.200. The molecule has 156 valence electrons. The Hall–Kier alpha value is -3.64. The summed E-state index contributed by atoms with van der Waals surface area (Å²) < 4.78 is 1.87. The van der Waals surface area contributed by atoms with E-state index in [0.29, 0.717) is 18.6 Å². The highest BCUT2D eigenvalue weighted by molar-refractivity contribution is 5.96. The number of hydrogen-bond acceptors (Lipinski definition) is 4. The molecular formula is C25H24N4O2. The smallest absolute Gasteiger partial charge is 0.159 e. The molecule has 0 aliphatic heterocycles. The molecule has 31 heavy (non-hydrogen) atoms. The molecule has 0 atom stereocenters. The molecule has 0 radical (unpaired) electrons. The zero-order chi connectivity index (χ0) is 21.5. The van der Waals surface area contributed by atoms with E-state index in [1.165, 1.54) is 0 Å². The van der Waals surface area contributed by atoms with E-state index in [0.717, 1.165) is 55.7 Å². The van der Waals surface area contributed by atoms with Crippen molar-refractivity contribution < 1.29 is 10.2 Å². The van der Waals surface area contributed by atoms with Crippen LogP contribution in [-0.4, -0.2) is 36.6 Å². The number of H-pyrrole nitrogens is 1. The Balaban J connectivity index is 1.64. The van der Waals surface area contributed by atoms with Gasteiger partial charge in [-0.1, -0.05) is 30.3 Å². The lowest BCUT2D eigenvalue weighted by Crippen LogP contribution is -1.94. The van der Waals surface area contributed by atoms with Crippen LogP contribution in [0.5, 0.6) is 5.75 Å². The number of benzene rings is 3. The zero-order valence-corrected chi connectivity index (χ0v) is 17.6. The molecule has 5 aromatic rings. The molecule has 0 saturated heterocycles. The van der Waals surface area contributed by atoms with Crippen molar-refractivity contribution in [1.29, 1.82) is 0 Å². The van der Waals surface area contributed by atoms with Crippen molar-refractivity contribution in [2.75, 3.05) is 6.61 Å². The molecule has 0 amide bonds. The van der Waals surface area contributed by atoms with Gasteiger partial charge in [0, 0.05) is 19.0 Å². The van der Waals surface area contributed by atoms with Gasteiger partial charge in [-0.05, 0) is 66.3 Å². The first-order chi connectivity index (χ1) is 15.1. The number of fused-ring (bicyclic) bond motifs is 2. The number of aliphatic hydroxyl groups excluding tert-OH is 1. The number of rotatable bonds is 5. The van der Waals surface area contributed by atoms with Gasteiger partial charge in [0.25, 0.3) is 0 Å². The van der Waals surface area contributed by atoms with E-state index in [4.69, 9.17) is 15.2 Å². The molecule has 0 unspecified atom stereocenters. The largest absolute Gasteiger partial charge is 0.507 e. The van der Waals surface area contributed by atoms with Gasteiger partial charge < -0.3 is 15.2 Å². The molecule has 0 aliphatic rings. The predicted molar refractivity (Wildman–Crippen MR) is 123 cm³/mol. The summed E-state index contributed by atoms with van der Waals surface area (Å²) in [5, 5.41) is 25.5. The highest BCUT2D eigenvalue weighted by atomic mass is 16.3. The minimum atomic E-state index is 0.114. The van der Waals surface area contributed by atoms with E-state index in [1.807, 2.05) is 55.1 Å². The number of aromatic amines is 1. The summed E-state index contributed by atoms with van der Waals surface area (Å²) in [6.07, 6.45) is 1.29. The average Bonchev–Trinajstić information content (AvgIpc) is 3.35. The summed E-state index contributed by atoms with van der Waals surface area (Å²) in [4.78, 5) is 8.11. The van der Waals surface area contributed by atoms with E-state index < -0.39 is 0 Å². The fourth-order valence-corrected chi connectivity index (χ4v) is 4.21. The van der Waals surface area contributed by atoms with Gasteiger partial charge in [-0.2, -0.15) is 5.10 Å². The van der Waals surface area contributed by atoms with Crippen LogP contribution in [-0.2, 0) is 13.5 Å². The van der Waals surface area contributed by atoms with Gasteiger partial charge in [-0.3, -0.25) is 4.68 Å². The Labute approximate surface area is 179 Å². The lowest BCUT2D eigenvalue weighted by molar-refractivity contribution is 0.288. The van der Waals surface area contributed by atoms with Gasteiger partial charge in [0.15, 0.2) is 5.82 Å². The first-order valence-corrected chi connectivity index (χ1v) is 10.4. The van der Waals surface area contributed by atoms with Crippen molar-refractivity contribution in [1.82, 2.24) is 19.7 Å². The van der Waals surface area contributed by atoms with E-state index in [1.54, 1.807) is 0 Å². The highest BCUT2D eigenvalue weighted by Gasteiger charge is 2.17. The van der Waals surface area contributed by atoms with Gasteiger partial charge >= 0.3 is 0 Å². The maximum Gasteiger partial charge on any atom is 0.159 e. The molecule has 0 aliphatic carbocycles. The number of hydrogen-bond donors (Lipinski definition) is 3. The molecule has 5 rings (SSSR count). The second-order valence-electron chi connectivity index (χ2n) is 7.88. The number of nitrogens with one attached hydrogen (secondary N) is 1. The molecule has 6 nitrogen and oxygen atoms in total. The van der Waals surface area contributed by atoms with Crippen LogP contribution in [0.25, 0.3) is 44.6 Å². The van der Waals surface area contributed by atoms with Crippen LogP contribution in [0.2, 0.25) is 0 Å². The Morgan fingerprint density at radius 2 is 1.90 bits per heavy atom. The Kier molecular flexibility index (Phi) is 4.71. The lowest BCUT2D eigenvalue weighted by atomic mass is 9.94. The van der Waals surface area contributed by atoms with Gasteiger partial charge in [0.1, 0.15) is 11.4 Å². The van der Waals surface area contributed by atoms with Crippen LogP contribution in [0.3, 0.4) is 0 Å². The number of phenolic OH excluding ortho intramolecular Hbond substituents is 1. The Morgan fingerprint density at radius 1 is 1.06 bits per heavy atom. The van der Waals surface area contributed by atoms with Gasteiger partial charge in [0.05, 0.1) is 16.6 Å². The highest BCUT2D eigenvalue weighted by Crippen LogP contribution is 2.36. The van der Waals surface area contributed by atoms with Crippen LogP contribution < -0.4 is 0 Å². The van der Waals surface area contributed by atoms with Crippen LogP contribution >= 0.6 is 0 Å². The molecule has 2 heterocycles. The number of phenols is 1. The first kappa shape index (κ1) is 19.3. The topological polar surface area (TPSA) is 87.0 Å². The van der Waals surface area contributed by atoms with E-state index in [-0.39, 0.29) is 6.61 Å². The number of aromatic hydroxyl groups is 1. The van der Waals surface area contributed by atoms with E-state index in [9.17, 15) is 5.11 Å². The van der Waals surface area contributed by atoms with Crippen LogP contribution in [0, 0.1) is 6.92 Å². The monoisotopic (exact) mass is 412 g/mol. The van der Waals surface area contributed by atoms with Gasteiger partial charge in [0.2, 0.25) is 0 Å². The molecule has 0 saturated carbocycles. The molecule has 0 bridgehead atoms. The molecular weight excluding hydrogens is 388 g/mol. The van der Waals surface area contributed by atoms with Crippen LogP contribution in [0.4, 0.5) is 0 Å². The van der Waals surface area contributed by atoms with Gasteiger partial charge in [-0.25, -0.2) is 4.98 Å². The second-order valence-corrected chi connectivity index (χ2v) is 7.88. The minimum absolute atomic E-state index is 0.114. The summed E-state index contributed by atoms with van der Waals surface area (Å²) in [7, 11) is 1.93. The molecule has 3 aromatic carbocycles. The third-order valence-electron chi connectivity index (χ3n) is 5.89. The normalized spacial score (nSPS) is 11.6. The Morgan fingerprint density at radius 3 is 2.71 bits per heavy atom. The Bertz CT molecular complexity index is 1380. The molecule has 0 fully saturated rings.